The highest BCUT2D eigenvalue weighted by molar-refractivity contribution is 6.06. The third-order valence-corrected chi connectivity index (χ3v) is 4.03. The van der Waals surface area contributed by atoms with E-state index in [1.54, 1.807) is 50.6 Å². The number of rotatable bonds is 7. The molecule has 0 aliphatic rings. The molecule has 3 aromatic carbocycles. The van der Waals surface area contributed by atoms with Gasteiger partial charge in [-0.2, -0.15) is 0 Å². The zero-order valence-electron chi connectivity index (χ0n) is 15.3. The van der Waals surface area contributed by atoms with Crippen LogP contribution in [0.3, 0.4) is 0 Å². The number of amides is 1. The van der Waals surface area contributed by atoms with Gasteiger partial charge >= 0.3 is 0 Å². The van der Waals surface area contributed by atoms with Gasteiger partial charge in [0.2, 0.25) is 0 Å². The third-order valence-electron chi connectivity index (χ3n) is 4.03. The second-order valence-corrected chi connectivity index (χ2v) is 5.79. The second kappa shape index (κ2) is 8.76. The van der Waals surface area contributed by atoms with Gasteiger partial charge in [0.05, 0.1) is 25.5 Å². The number of carbonyl (C=O) groups excluding carboxylic acids is 1. The van der Waals surface area contributed by atoms with Gasteiger partial charge in [0.15, 0.2) is 0 Å². The van der Waals surface area contributed by atoms with Crippen molar-refractivity contribution in [3.63, 3.8) is 0 Å². The lowest BCUT2D eigenvalue weighted by Crippen LogP contribution is -2.14. The molecule has 138 valence electrons. The van der Waals surface area contributed by atoms with Crippen LogP contribution in [-0.4, -0.2) is 20.1 Å². The summed E-state index contributed by atoms with van der Waals surface area (Å²) in [5.41, 5.74) is 2.04. The molecule has 0 fully saturated rings. The van der Waals surface area contributed by atoms with Gasteiger partial charge in [0.25, 0.3) is 5.91 Å². The molecule has 0 bridgehead atoms. The molecule has 3 aromatic rings. The van der Waals surface area contributed by atoms with Crippen LogP contribution in [0.15, 0.2) is 72.8 Å². The Morgan fingerprint density at radius 1 is 0.852 bits per heavy atom. The summed E-state index contributed by atoms with van der Waals surface area (Å²) < 4.78 is 16.4. The van der Waals surface area contributed by atoms with Crippen molar-refractivity contribution in [2.75, 3.05) is 19.5 Å². The zero-order valence-corrected chi connectivity index (χ0v) is 15.3. The van der Waals surface area contributed by atoms with Crippen LogP contribution in [-0.2, 0) is 6.61 Å². The Bertz CT molecular complexity index is 909. The molecule has 27 heavy (non-hydrogen) atoms. The smallest absolute Gasteiger partial charge is 0.259 e. The first-order valence-corrected chi connectivity index (χ1v) is 8.50. The minimum absolute atomic E-state index is 0.276. The number of hydrogen-bond donors (Lipinski definition) is 1. The lowest BCUT2D eigenvalue weighted by atomic mass is 10.1. The summed E-state index contributed by atoms with van der Waals surface area (Å²) >= 11 is 0. The minimum atomic E-state index is -0.276. The largest absolute Gasteiger partial charge is 0.497 e. The summed E-state index contributed by atoms with van der Waals surface area (Å²) in [6.07, 6.45) is 0. The van der Waals surface area contributed by atoms with E-state index in [4.69, 9.17) is 14.2 Å². The average Bonchev–Trinajstić information content (AvgIpc) is 2.73. The number of benzene rings is 3. The summed E-state index contributed by atoms with van der Waals surface area (Å²) in [6, 6.07) is 22.2. The number of ether oxygens (including phenoxy) is 3. The molecule has 0 spiro atoms. The summed E-state index contributed by atoms with van der Waals surface area (Å²) in [6.45, 7) is 0.386. The first-order valence-electron chi connectivity index (χ1n) is 8.50. The molecular formula is C22H21NO4. The lowest BCUT2D eigenvalue weighted by Gasteiger charge is -2.14. The van der Waals surface area contributed by atoms with Crippen molar-refractivity contribution in [3.8, 4) is 17.2 Å². The normalized spacial score (nSPS) is 10.1. The van der Waals surface area contributed by atoms with E-state index in [9.17, 15) is 4.79 Å². The van der Waals surface area contributed by atoms with Crippen LogP contribution >= 0.6 is 0 Å². The third kappa shape index (κ3) is 4.58. The van der Waals surface area contributed by atoms with Gasteiger partial charge in [-0.3, -0.25) is 4.79 Å². The highest BCUT2D eigenvalue weighted by Gasteiger charge is 2.15. The SMILES string of the molecule is COc1ccc(NC(=O)c2ccccc2OCc2ccccc2)c(OC)c1. The molecule has 0 aromatic heterocycles. The Labute approximate surface area is 158 Å². The van der Waals surface area contributed by atoms with Gasteiger partial charge in [0.1, 0.15) is 23.9 Å². The van der Waals surface area contributed by atoms with Gasteiger partial charge in [-0.05, 0) is 29.8 Å². The molecule has 1 amide bonds. The fraction of sp³-hybridized carbons (Fsp3) is 0.136. The lowest BCUT2D eigenvalue weighted by molar-refractivity contribution is 0.102. The van der Waals surface area contributed by atoms with Crippen LogP contribution < -0.4 is 19.5 Å². The number of nitrogens with one attached hydrogen (secondary N) is 1. The average molecular weight is 363 g/mol. The second-order valence-electron chi connectivity index (χ2n) is 5.79. The zero-order chi connectivity index (χ0) is 19.1. The van der Waals surface area contributed by atoms with Gasteiger partial charge in [-0.25, -0.2) is 0 Å². The number of carbonyl (C=O) groups is 1. The molecule has 0 aliphatic carbocycles. The predicted molar refractivity (Wildman–Crippen MR) is 105 cm³/mol. The van der Waals surface area contributed by atoms with Gasteiger partial charge in [0, 0.05) is 6.07 Å². The van der Waals surface area contributed by atoms with Crippen LogP contribution in [0.4, 0.5) is 5.69 Å². The fourth-order valence-corrected chi connectivity index (χ4v) is 2.61. The van der Waals surface area contributed by atoms with E-state index in [-0.39, 0.29) is 5.91 Å². The van der Waals surface area contributed by atoms with Crippen LogP contribution in [0.1, 0.15) is 15.9 Å². The number of methoxy groups -OCH3 is 2. The monoisotopic (exact) mass is 363 g/mol. The first-order chi connectivity index (χ1) is 13.2. The highest BCUT2D eigenvalue weighted by atomic mass is 16.5. The molecular weight excluding hydrogens is 342 g/mol. The Balaban J connectivity index is 1.77. The van der Waals surface area contributed by atoms with Crippen LogP contribution in [0.2, 0.25) is 0 Å². The molecule has 0 unspecified atom stereocenters. The van der Waals surface area contributed by atoms with E-state index in [0.29, 0.717) is 35.1 Å². The predicted octanol–water partition coefficient (Wildman–Crippen LogP) is 4.54. The topological polar surface area (TPSA) is 56.8 Å². The number of para-hydroxylation sites is 1. The Morgan fingerprint density at radius 2 is 1.59 bits per heavy atom. The maximum Gasteiger partial charge on any atom is 0.259 e. The van der Waals surface area contributed by atoms with E-state index in [2.05, 4.69) is 5.32 Å². The molecule has 0 radical (unpaired) electrons. The maximum absolute atomic E-state index is 12.8. The van der Waals surface area contributed by atoms with Crippen LogP contribution in [0.5, 0.6) is 17.2 Å². The van der Waals surface area contributed by atoms with Gasteiger partial charge in [-0.15, -0.1) is 0 Å². The molecule has 0 saturated heterocycles. The molecule has 1 N–H and O–H groups in total. The fourth-order valence-electron chi connectivity index (χ4n) is 2.61. The van der Waals surface area contributed by atoms with E-state index >= 15 is 0 Å². The Kier molecular flexibility index (Phi) is 5.94. The van der Waals surface area contributed by atoms with Gasteiger partial charge < -0.3 is 19.5 Å². The molecule has 0 atom stereocenters. The van der Waals surface area contributed by atoms with Crippen molar-refractivity contribution >= 4 is 11.6 Å². The summed E-state index contributed by atoms with van der Waals surface area (Å²) in [5.74, 6) is 1.41. The van der Waals surface area contributed by atoms with E-state index < -0.39 is 0 Å². The Morgan fingerprint density at radius 3 is 2.33 bits per heavy atom. The number of hydrogen-bond acceptors (Lipinski definition) is 4. The van der Waals surface area contributed by atoms with Crippen molar-refractivity contribution in [2.45, 2.75) is 6.61 Å². The Hall–Kier alpha value is -3.47. The molecule has 5 nitrogen and oxygen atoms in total. The van der Waals surface area contributed by atoms with Gasteiger partial charge in [-0.1, -0.05) is 42.5 Å². The van der Waals surface area contributed by atoms with Crippen molar-refractivity contribution in [3.05, 3.63) is 83.9 Å². The summed E-state index contributed by atoms with van der Waals surface area (Å²) in [7, 11) is 3.12. The quantitative estimate of drug-likeness (QED) is 0.670. The number of anilines is 1. The van der Waals surface area contributed by atoms with E-state index in [0.717, 1.165) is 5.56 Å². The van der Waals surface area contributed by atoms with Crippen LogP contribution in [0.25, 0.3) is 0 Å². The molecule has 3 rings (SSSR count). The minimum Gasteiger partial charge on any atom is -0.497 e. The van der Waals surface area contributed by atoms with Crippen molar-refractivity contribution in [2.24, 2.45) is 0 Å². The molecule has 0 heterocycles. The molecule has 0 aliphatic heterocycles. The first kappa shape index (κ1) is 18.3. The van der Waals surface area contributed by atoms with E-state index in [1.807, 2.05) is 36.4 Å². The van der Waals surface area contributed by atoms with Crippen molar-refractivity contribution in [1.29, 1.82) is 0 Å². The molecule has 0 saturated carbocycles. The van der Waals surface area contributed by atoms with E-state index in [1.165, 1.54) is 0 Å². The maximum atomic E-state index is 12.8. The standard InChI is InChI=1S/C22H21NO4/c1-25-17-12-13-19(21(14-17)26-2)23-22(24)18-10-6-7-11-20(18)27-15-16-8-4-3-5-9-16/h3-14H,15H2,1-2H3,(H,23,24). The molecule has 5 heteroatoms. The van der Waals surface area contributed by atoms with Crippen LogP contribution in [0, 0.1) is 0 Å². The summed E-state index contributed by atoms with van der Waals surface area (Å²) in [4.78, 5) is 12.8. The highest BCUT2D eigenvalue weighted by Crippen LogP contribution is 2.30. The van der Waals surface area contributed by atoms with Crippen molar-refractivity contribution in [1.82, 2.24) is 0 Å². The van der Waals surface area contributed by atoms with Crippen molar-refractivity contribution < 1.29 is 19.0 Å². The summed E-state index contributed by atoms with van der Waals surface area (Å²) in [5, 5.41) is 2.87.